The number of amides is 1. The second-order valence-corrected chi connectivity index (χ2v) is 6.61. The molecule has 1 spiro atoms. The molecule has 0 saturated carbocycles. The summed E-state index contributed by atoms with van der Waals surface area (Å²) in [6.45, 7) is 2.47. The average Bonchev–Trinajstić information content (AvgIpc) is 2.99. The van der Waals surface area contributed by atoms with Gasteiger partial charge in [0.2, 0.25) is 5.91 Å². The van der Waals surface area contributed by atoms with Crippen LogP contribution in [0, 0.1) is 0 Å². The summed E-state index contributed by atoms with van der Waals surface area (Å²) in [6, 6.07) is 10.8. The molecule has 1 aromatic carbocycles. The van der Waals surface area contributed by atoms with Gasteiger partial charge in [0.05, 0.1) is 18.2 Å². The van der Waals surface area contributed by atoms with Gasteiger partial charge in [0, 0.05) is 32.9 Å². The van der Waals surface area contributed by atoms with E-state index >= 15 is 0 Å². The average molecular weight is 318 g/mol. The molecule has 23 heavy (non-hydrogen) atoms. The second-order valence-electron chi connectivity index (χ2n) is 6.61. The third kappa shape index (κ3) is 3.51. The summed E-state index contributed by atoms with van der Waals surface area (Å²) in [5.74, 6) is 0.0818. The number of carbonyl (C=O) groups is 1. The van der Waals surface area contributed by atoms with E-state index in [1.807, 2.05) is 11.0 Å². The first-order chi connectivity index (χ1) is 11.1. The minimum atomic E-state index is -0.0580. The van der Waals surface area contributed by atoms with E-state index in [1.54, 1.807) is 7.11 Å². The molecule has 2 fully saturated rings. The van der Waals surface area contributed by atoms with Crippen molar-refractivity contribution in [2.75, 3.05) is 45.4 Å². The third-order valence-electron chi connectivity index (χ3n) is 5.20. The zero-order valence-corrected chi connectivity index (χ0v) is 14.0. The summed E-state index contributed by atoms with van der Waals surface area (Å²) in [4.78, 5) is 16.1. The summed E-state index contributed by atoms with van der Waals surface area (Å²) < 4.78 is 11.2. The largest absolute Gasteiger partial charge is 0.375 e. The maximum atomic E-state index is 11.9. The molecule has 0 bridgehead atoms. The van der Waals surface area contributed by atoms with Crippen LogP contribution in [0.3, 0.4) is 0 Å². The number of ether oxygens (including phenoxy) is 2. The first kappa shape index (κ1) is 16.3. The molecule has 0 unspecified atom stereocenters. The number of likely N-dealkylation sites (tertiary alicyclic amines) is 1. The summed E-state index contributed by atoms with van der Waals surface area (Å²) in [5.41, 5.74) is 1.17. The normalized spacial score (nSPS) is 23.2. The number of benzene rings is 1. The van der Waals surface area contributed by atoms with Crippen molar-refractivity contribution in [2.45, 2.75) is 30.9 Å². The molecule has 3 rings (SSSR count). The molecule has 5 nitrogen and oxygen atoms in total. The highest BCUT2D eigenvalue weighted by molar-refractivity contribution is 5.77. The molecular weight excluding hydrogens is 292 g/mol. The van der Waals surface area contributed by atoms with Gasteiger partial charge in [-0.2, -0.15) is 0 Å². The molecule has 0 radical (unpaired) electrons. The molecule has 1 aromatic rings. The molecule has 2 heterocycles. The molecule has 0 N–H and O–H groups in total. The van der Waals surface area contributed by atoms with Crippen LogP contribution in [0.2, 0.25) is 0 Å². The molecule has 1 atom stereocenters. The number of rotatable bonds is 4. The van der Waals surface area contributed by atoms with Crippen molar-refractivity contribution < 1.29 is 14.3 Å². The van der Waals surface area contributed by atoms with Crippen LogP contribution in [-0.4, -0.2) is 62.9 Å². The maximum absolute atomic E-state index is 11.9. The van der Waals surface area contributed by atoms with Crippen LogP contribution in [0.5, 0.6) is 0 Å². The predicted molar refractivity (Wildman–Crippen MR) is 89.6 cm³/mol. The molecule has 2 aliphatic rings. The van der Waals surface area contributed by atoms with E-state index in [9.17, 15) is 4.79 Å². The predicted octanol–water partition coefficient (Wildman–Crippen LogP) is 1.92. The van der Waals surface area contributed by atoms with Gasteiger partial charge in [-0.1, -0.05) is 18.2 Å². The Morgan fingerprint density at radius 3 is 2.70 bits per heavy atom. The van der Waals surface area contributed by atoms with Crippen LogP contribution in [-0.2, 0) is 14.3 Å². The molecule has 1 amide bonds. The Kier molecular flexibility index (Phi) is 4.87. The topological polar surface area (TPSA) is 42.0 Å². The lowest BCUT2D eigenvalue weighted by Crippen LogP contribution is -2.47. The quantitative estimate of drug-likeness (QED) is 0.850. The van der Waals surface area contributed by atoms with Crippen LogP contribution in [0.25, 0.3) is 0 Å². The summed E-state index contributed by atoms with van der Waals surface area (Å²) >= 11 is 0. The number of nitrogens with zero attached hydrogens (tertiary/aromatic N) is 2. The molecule has 5 heteroatoms. The minimum Gasteiger partial charge on any atom is -0.375 e. The number of likely N-dealkylation sites (N-methyl/N-ethyl adjacent to an activating group) is 1. The Balaban J connectivity index is 1.57. The van der Waals surface area contributed by atoms with Crippen LogP contribution in [0.4, 0.5) is 5.69 Å². The highest BCUT2D eigenvalue weighted by atomic mass is 16.5. The number of anilines is 1. The molecule has 2 saturated heterocycles. The second kappa shape index (κ2) is 6.89. The Bertz CT molecular complexity index is 526. The van der Waals surface area contributed by atoms with E-state index in [2.05, 4.69) is 36.2 Å². The number of para-hydroxylation sites is 1. The van der Waals surface area contributed by atoms with Crippen LogP contribution < -0.4 is 4.90 Å². The fourth-order valence-electron chi connectivity index (χ4n) is 3.67. The number of carbonyl (C=O) groups excluding carboxylic acids is 1. The van der Waals surface area contributed by atoms with Gasteiger partial charge in [0.25, 0.3) is 0 Å². The Labute approximate surface area is 138 Å². The van der Waals surface area contributed by atoms with Crippen molar-refractivity contribution in [2.24, 2.45) is 0 Å². The monoisotopic (exact) mass is 318 g/mol. The molecule has 0 aromatic heterocycles. The lowest BCUT2D eigenvalue weighted by molar-refractivity contribution is -0.139. The molecule has 2 aliphatic heterocycles. The van der Waals surface area contributed by atoms with E-state index in [1.165, 1.54) is 5.69 Å². The van der Waals surface area contributed by atoms with Crippen LogP contribution in [0.15, 0.2) is 30.3 Å². The Morgan fingerprint density at radius 2 is 2.04 bits per heavy atom. The van der Waals surface area contributed by atoms with Crippen molar-refractivity contribution in [1.29, 1.82) is 0 Å². The van der Waals surface area contributed by atoms with Crippen molar-refractivity contribution in [3.63, 3.8) is 0 Å². The van der Waals surface area contributed by atoms with Gasteiger partial charge >= 0.3 is 0 Å². The zero-order valence-electron chi connectivity index (χ0n) is 14.0. The van der Waals surface area contributed by atoms with Gasteiger partial charge < -0.3 is 19.3 Å². The van der Waals surface area contributed by atoms with Gasteiger partial charge in [0.1, 0.15) is 6.61 Å². The first-order valence-electron chi connectivity index (χ1n) is 8.32. The first-order valence-corrected chi connectivity index (χ1v) is 8.32. The van der Waals surface area contributed by atoms with Gasteiger partial charge in [-0.05, 0) is 31.4 Å². The molecular formula is C18H26N2O3. The van der Waals surface area contributed by atoms with Gasteiger partial charge in [-0.25, -0.2) is 0 Å². The van der Waals surface area contributed by atoms with Gasteiger partial charge in [0.15, 0.2) is 0 Å². The standard InChI is InChI=1S/C18H26N2O3/c1-19(15-6-4-3-5-7-15)16-12-18(23-13-16)8-10-20(11-9-18)17(21)14-22-2/h3-7,16H,8-14H2,1-2H3/t16-/m1/s1. The number of hydrogen-bond donors (Lipinski definition) is 0. The van der Waals surface area contributed by atoms with E-state index < -0.39 is 0 Å². The fourth-order valence-corrected chi connectivity index (χ4v) is 3.67. The number of methoxy groups -OCH3 is 1. The summed E-state index contributed by atoms with van der Waals surface area (Å²) in [6.07, 6.45) is 2.87. The number of piperidine rings is 1. The Hall–Kier alpha value is -1.59. The molecule has 0 aliphatic carbocycles. The zero-order chi connectivity index (χ0) is 16.3. The fraction of sp³-hybridized carbons (Fsp3) is 0.611. The highest BCUT2D eigenvalue weighted by Crippen LogP contribution is 2.38. The van der Waals surface area contributed by atoms with E-state index in [0.717, 1.165) is 39.0 Å². The van der Waals surface area contributed by atoms with E-state index in [-0.39, 0.29) is 18.1 Å². The van der Waals surface area contributed by atoms with Crippen molar-refractivity contribution in [3.05, 3.63) is 30.3 Å². The van der Waals surface area contributed by atoms with E-state index in [0.29, 0.717) is 6.04 Å². The van der Waals surface area contributed by atoms with Crippen molar-refractivity contribution in [3.8, 4) is 0 Å². The smallest absolute Gasteiger partial charge is 0.248 e. The Morgan fingerprint density at radius 1 is 1.35 bits per heavy atom. The summed E-state index contributed by atoms with van der Waals surface area (Å²) in [7, 11) is 3.70. The molecule has 126 valence electrons. The highest BCUT2D eigenvalue weighted by Gasteiger charge is 2.44. The van der Waals surface area contributed by atoms with E-state index in [4.69, 9.17) is 9.47 Å². The summed E-state index contributed by atoms with van der Waals surface area (Å²) in [5, 5.41) is 0. The maximum Gasteiger partial charge on any atom is 0.248 e. The van der Waals surface area contributed by atoms with Crippen LogP contribution >= 0.6 is 0 Å². The van der Waals surface area contributed by atoms with Crippen LogP contribution in [0.1, 0.15) is 19.3 Å². The third-order valence-corrected chi connectivity index (χ3v) is 5.20. The van der Waals surface area contributed by atoms with Gasteiger partial charge in [-0.3, -0.25) is 4.79 Å². The number of hydrogen-bond acceptors (Lipinski definition) is 4. The lowest BCUT2D eigenvalue weighted by atomic mass is 9.87. The minimum absolute atomic E-state index is 0.0580. The SMILES string of the molecule is COCC(=O)N1CCC2(CC1)C[C@@H](N(C)c1ccccc1)CO2. The van der Waals surface area contributed by atoms with Crippen molar-refractivity contribution >= 4 is 11.6 Å². The van der Waals surface area contributed by atoms with Gasteiger partial charge in [-0.15, -0.1) is 0 Å². The van der Waals surface area contributed by atoms with Crippen molar-refractivity contribution in [1.82, 2.24) is 4.90 Å². The lowest BCUT2D eigenvalue weighted by Gasteiger charge is -2.39.